The zero-order valence-electron chi connectivity index (χ0n) is 9.27. The molecule has 0 aliphatic heterocycles. The topological polar surface area (TPSA) is 49.0 Å². The molecule has 2 aromatic heterocycles. The fraction of sp³-hybridized carbons (Fsp3) is 0.167. The van der Waals surface area contributed by atoms with Crippen LogP contribution >= 0.6 is 0 Å². The molecule has 0 spiro atoms. The van der Waals surface area contributed by atoms with Crippen molar-refractivity contribution in [2.45, 2.75) is 0 Å². The summed E-state index contributed by atoms with van der Waals surface area (Å²) in [6.45, 7) is 0. The van der Waals surface area contributed by atoms with Gasteiger partial charge in [0.2, 0.25) is 5.43 Å². The first kappa shape index (κ1) is 10.4. The van der Waals surface area contributed by atoms with Crippen molar-refractivity contribution in [1.82, 2.24) is 9.97 Å². The molecule has 0 bridgehead atoms. The number of aromatic nitrogens is 2. The molecular weight excluding hydrogens is 202 g/mol. The molecule has 0 amide bonds. The number of aromatic amines is 1. The number of nitrogens with one attached hydrogen (secondary N) is 1. The van der Waals surface area contributed by atoms with Crippen LogP contribution in [0.15, 0.2) is 41.5 Å². The molecule has 0 radical (unpaired) electrons. The van der Waals surface area contributed by atoms with E-state index in [-0.39, 0.29) is 5.43 Å². The molecular formula is C12H13N3O. The number of rotatable bonds is 2. The Bertz CT molecular complexity index is 531. The Morgan fingerprint density at radius 2 is 2.06 bits per heavy atom. The van der Waals surface area contributed by atoms with Gasteiger partial charge >= 0.3 is 0 Å². The summed E-state index contributed by atoms with van der Waals surface area (Å²) in [6, 6.07) is 7.13. The Labute approximate surface area is 93.6 Å². The summed E-state index contributed by atoms with van der Waals surface area (Å²) in [6.07, 6.45) is 3.35. The molecule has 0 saturated carbocycles. The molecule has 0 atom stereocenters. The molecule has 0 aliphatic carbocycles. The van der Waals surface area contributed by atoms with E-state index in [0.717, 1.165) is 11.4 Å². The van der Waals surface area contributed by atoms with Gasteiger partial charge in [0.05, 0.1) is 11.4 Å². The Morgan fingerprint density at radius 1 is 1.25 bits per heavy atom. The fourth-order valence-corrected chi connectivity index (χ4v) is 1.62. The van der Waals surface area contributed by atoms with Gasteiger partial charge in [-0.3, -0.25) is 9.78 Å². The summed E-state index contributed by atoms with van der Waals surface area (Å²) in [5.41, 5.74) is 2.13. The van der Waals surface area contributed by atoms with E-state index in [4.69, 9.17) is 0 Å². The van der Waals surface area contributed by atoms with E-state index in [1.807, 2.05) is 32.3 Å². The quantitative estimate of drug-likeness (QED) is 0.826. The van der Waals surface area contributed by atoms with Crippen LogP contribution in [0.25, 0.3) is 11.4 Å². The first-order valence-corrected chi connectivity index (χ1v) is 5.00. The predicted molar refractivity (Wildman–Crippen MR) is 64.6 cm³/mol. The van der Waals surface area contributed by atoms with Crippen molar-refractivity contribution >= 4 is 5.69 Å². The summed E-state index contributed by atoms with van der Waals surface area (Å²) < 4.78 is 0. The summed E-state index contributed by atoms with van der Waals surface area (Å²) in [5, 5.41) is 0. The monoisotopic (exact) mass is 215 g/mol. The summed E-state index contributed by atoms with van der Waals surface area (Å²) >= 11 is 0. The van der Waals surface area contributed by atoms with Gasteiger partial charge < -0.3 is 9.88 Å². The number of anilines is 1. The SMILES string of the molecule is CN(C)c1c(-c2ccccn2)[nH]ccc1=O. The van der Waals surface area contributed by atoms with Gasteiger partial charge in [0.15, 0.2) is 0 Å². The second kappa shape index (κ2) is 4.18. The highest BCUT2D eigenvalue weighted by Gasteiger charge is 2.11. The van der Waals surface area contributed by atoms with E-state index in [2.05, 4.69) is 9.97 Å². The normalized spacial score (nSPS) is 10.1. The van der Waals surface area contributed by atoms with Crippen LogP contribution < -0.4 is 10.3 Å². The average molecular weight is 215 g/mol. The van der Waals surface area contributed by atoms with Crippen LogP contribution in [-0.2, 0) is 0 Å². The van der Waals surface area contributed by atoms with Crippen molar-refractivity contribution in [2.24, 2.45) is 0 Å². The van der Waals surface area contributed by atoms with Crippen LogP contribution in [0.1, 0.15) is 0 Å². The van der Waals surface area contributed by atoms with Gasteiger partial charge in [-0.25, -0.2) is 0 Å². The molecule has 16 heavy (non-hydrogen) atoms. The lowest BCUT2D eigenvalue weighted by Crippen LogP contribution is -2.20. The standard InChI is InChI=1S/C12H13N3O/c1-15(2)12-10(16)6-8-14-11(12)9-5-3-4-7-13-9/h3-8H,1-2H3,(H,14,16). The van der Waals surface area contributed by atoms with Gasteiger partial charge in [0, 0.05) is 32.6 Å². The lowest BCUT2D eigenvalue weighted by Gasteiger charge is -2.15. The third kappa shape index (κ3) is 1.82. The smallest absolute Gasteiger partial charge is 0.205 e. The van der Waals surface area contributed by atoms with Crippen molar-refractivity contribution in [2.75, 3.05) is 19.0 Å². The molecule has 2 rings (SSSR count). The summed E-state index contributed by atoms with van der Waals surface area (Å²) in [4.78, 5) is 20.9. The van der Waals surface area contributed by atoms with Crippen LogP contribution in [-0.4, -0.2) is 24.1 Å². The minimum Gasteiger partial charge on any atom is -0.373 e. The highest BCUT2D eigenvalue weighted by atomic mass is 16.1. The van der Waals surface area contributed by atoms with E-state index in [1.54, 1.807) is 17.3 Å². The molecule has 0 fully saturated rings. The second-order valence-electron chi connectivity index (χ2n) is 3.67. The van der Waals surface area contributed by atoms with Crippen LogP contribution in [0, 0.1) is 0 Å². The number of hydrogen-bond donors (Lipinski definition) is 1. The number of hydrogen-bond acceptors (Lipinski definition) is 3. The maximum atomic E-state index is 11.8. The van der Waals surface area contributed by atoms with Crippen molar-refractivity contribution in [3.8, 4) is 11.4 Å². The highest BCUT2D eigenvalue weighted by Crippen LogP contribution is 2.21. The average Bonchev–Trinajstić information content (AvgIpc) is 2.29. The van der Waals surface area contributed by atoms with E-state index in [9.17, 15) is 4.79 Å². The Kier molecular flexibility index (Phi) is 2.72. The number of pyridine rings is 2. The van der Waals surface area contributed by atoms with Gasteiger partial charge in [-0.2, -0.15) is 0 Å². The van der Waals surface area contributed by atoms with Crippen LogP contribution in [0.3, 0.4) is 0 Å². The Hall–Kier alpha value is -2.10. The Morgan fingerprint density at radius 3 is 2.69 bits per heavy atom. The third-order valence-corrected chi connectivity index (χ3v) is 2.30. The minimum atomic E-state index is -0.00981. The van der Waals surface area contributed by atoms with E-state index < -0.39 is 0 Å². The van der Waals surface area contributed by atoms with Crippen LogP contribution in [0.4, 0.5) is 5.69 Å². The maximum absolute atomic E-state index is 11.8. The highest BCUT2D eigenvalue weighted by molar-refractivity contribution is 5.71. The maximum Gasteiger partial charge on any atom is 0.205 e. The van der Waals surface area contributed by atoms with Crippen molar-refractivity contribution in [1.29, 1.82) is 0 Å². The lowest BCUT2D eigenvalue weighted by molar-refractivity contribution is 1.09. The van der Waals surface area contributed by atoms with Gasteiger partial charge in [-0.15, -0.1) is 0 Å². The van der Waals surface area contributed by atoms with Gasteiger partial charge in [-0.05, 0) is 12.1 Å². The largest absolute Gasteiger partial charge is 0.373 e. The molecule has 4 heteroatoms. The van der Waals surface area contributed by atoms with Crippen LogP contribution in [0.5, 0.6) is 0 Å². The Balaban J connectivity index is 2.66. The molecule has 2 aromatic rings. The van der Waals surface area contributed by atoms with E-state index in [1.165, 1.54) is 6.07 Å². The summed E-state index contributed by atoms with van der Waals surface area (Å²) in [7, 11) is 3.69. The predicted octanol–water partition coefficient (Wildman–Crippen LogP) is 1.50. The molecule has 0 saturated heterocycles. The molecule has 0 aliphatic rings. The molecule has 1 N–H and O–H groups in total. The molecule has 0 unspecified atom stereocenters. The molecule has 4 nitrogen and oxygen atoms in total. The third-order valence-electron chi connectivity index (χ3n) is 2.30. The summed E-state index contributed by atoms with van der Waals surface area (Å²) in [5.74, 6) is 0. The minimum absolute atomic E-state index is 0.00981. The number of nitrogens with zero attached hydrogens (tertiary/aromatic N) is 2. The van der Waals surface area contributed by atoms with Gasteiger partial charge in [-0.1, -0.05) is 6.07 Å². The van der Waals surface area contributed by atoms with Crippen LogP contribution in [0.2, 0.25) is 0 Å². The van der Waals surface area contributed by atoms with Crippen molar-refractivity contribution < 1.29 is 0 Å². The fourth-order valence-electron chi connectivity index (χ4n) is 1.62. The first-order valence-electron chi connectivity index (χ1n) is 5.00. The zero-order chi connectivity index (χ0) is 11.5. The molecule has 82 valence electrons. The van der Waals surface area contributed by atoms with Gasteiger partial charge in [0.1, 0.15) is 5.69 Å². The zero-order valence-corrected chi connectivity index (χ0v) is 9.27. The number of H-pyrrole nitrogens is 1. The van der Waals surface area contributed by atoms with Crippen molar-refractivity contribution in [3.05, 3.63) is 46.9 Å². The molecule has 2 heterocycles. The second-order valence-corrected chi connectivity index (χ2v) is 3.67. The van der Waals surface area contributed by atoms with E-state index >= 15 is 0 Å². The van der Waals surface area contributed by atoms with Crippen molar-refractivity contribution in [3.63, 3.8) is 0 Å². The first-order chi connectivity index (χ1) is 7.70. The lowest BCUT2D eigenvalue weighted by atomic mass is 10.2. The van der Waals surface area contributed by atoms with Gasteiger partial charge in [0.25, 0.3) is 0 Å². The molecule has 0 aromatic carbocycles. The van der Waals surface area contributed by atoms with E-state index in [0.29, 0.717) is 5.69 Å².